The van der Waals surface area contributed by atoms with Crippen LogP contribution in [-0.2, 0) is 0 Å². The first-order valence-electron chi connectivity index (χ1n) is 17.0. The maximum Gasteiger partial charge on any atom is 0.227 e. The summed E-state index contributed by atoms with van der Waals surface area (Å²) in [6.07, 6.45) is 0. The SMILES string of the molecule is Oc1cccc(N(c2ccc(-c3ccccc3)cc2)c2ccc(-c3cccc4ccccc34)cc2)c1-c1ccc2oc(-c3ccccc3)nc2c1. The second-order valence-electron chi connectivity index (χ2n) is 12.6. The number of aromatic nitrogens is 1. The molecule has 51 heavy (non-hydrogen) atoms. The maximum absolute atomic E-state index is 11.6. The third kappa shape index (κ3) is 5.69. The molecular formula is C47H32N2O2. The number of nitrogens with zero attached hydrogens (tertiary/aromatic N) is 2. The number of aromatic hydroxyl groups is 1. The molecule has 0 atom stereocenters. The number of oxazole rings is 1. The molecule has 9 rings (SSSR count). The number of phenols is 1. The van der Waals surface area contributed by atoms with Crippen LogP contribution >= 0.6 is 0 Å². The Morgan fingerprint density at radius 3 is 1.80 bits per heavy atom. The van der Waals surface area contributed by atoms with Crippen molar-refractivity contribution < 1.29 is 9.52 Å². The van der Waals surface area contributed by atoms with Crippen molar-refractivity contribution in [3.63, 3.8) is 0 Å². The number of rotatable bonds is 7. The van der Waals surface area contributed by atoms with Gasteiger partial charge in [-0.05, 0) is 99.3 Å². The molecule has 0 unspecified atom stereocenters. The molecule has 1 aromatic heterocycles. The molecule has 0 spiro atoms. The summed E-state index contributed by atoms with van der Waals surface area (Å²) in [6.45, 7) is 0. The Morgan fingerprint density at radius 2 is 1.06 bits per heavy atom. The summed E-state index contributed by atoms with van der Waals surface area (Å²) in [4.78, 5) is 7.03. The molecule has 8 aromatic carbocycles. The summed E-state index contributed by atoms with van der Waals surface area (Å²) >= 11 is 0. The molecular weight excluding hydrogens is 625 g/mol. The van der Waals surface area contributed by atoms with Gasteiger partial charge in [0.1, 0.15) is 11.3 Å². The van der Waals surface area contributed by atoms with E-state index in [1.54, 1.807) is 6.07 Å². The van der Waals surface area contributed by atoms with E-state index in [2.05, 4.69) is 126 Å². The molecule has 0 amide bonds. The molecule has 9 aromatic rings. The Labute approximate surface area is 296 Å². The molecule has 0 fully saturated rings. The molecule has 4 heteroatoms. The maximum atomic E-state index is 11.6. The van der Waals surface area contributed by atoms with Gasteiger partial charge in [-0.1, -0.05) is 127 Å². The predicted molar refractivity (Wildman–Crippen MR) is 210 cm³/mol. The van der Waals surface area contributed by atoms with Crippen LogP contribution in [-0.4, -0.2) is 10.1 Å². The molecule has 4 nitrogen and oxygen atoms in total. The summed E-state index contributed by atoms with van der Waals surface area (Å²) in [5, 5.41) is 14.0. The Balaban J connectivity index is 1.18. The first kappa shape index (κ1) is 30.2. The van der Waals surface area contributed by atoms with E-state index in [1.807, 2.05) is 60.7 Å². The van der Waals surface area contributed by atoms with Crippen LogP contribution in [0.4, 0.5) is 17.1 Å². The van der Waals surface area contributed by atoms with Gasteiger partial charge in [0.25, 0.3) is 0 Å². The largest absolute Gasteiger partial charge is 0.507 e. The Hall–Kier alpha value is -6.91. The van der Waals surface area contributed by atoms with Crippen LogP contribution in [0.3, 0.4) is 0 Å². The fraction of sp³-hybridized carbons (Fsp3) is 0. The van der Waals surface area contributed by atoms with Gasteiger partial charge in [-0.25, -0.2) is 4.98 Å². The van der Waals surface area contributed by atoms with Gasteiger partial charge in [0.2, 0.25) is 5.89 Å². The normalized spacial score (nSPS) is 11.2. The van der Waals surface area contributed by atoms with Crippen molar-refractivity contribution in [2.24, 2.45) is 0 Å². The summed E-state index contributed by atoms with van der Waals surface area (Å²) in [7, 11) is 0. The lowest BCUT2D eigenvalue weighted by atomic mass is 9.97. The van der Waals surface area contributed by atoms with Crippen molar-refractivity contribution in [3.05, 3.63) is 188 Å². The monoisotopic (exact) mass is 656 g/mol. The van der Waals surface area contributed by atoms with Gasteiger partial charge in [0, 0.05) is 22.5 Å². The van der Waals surface area contributed by atoms with Crippen molar-refractivity contribution in [2.75, 3.05) is 4.90 Å². The lowest BCUT2D eigenvalue weighted by Gasteiger charge is -2.28. The number of benzene rings is 8. The Morgan fingerprint density at radius 1 is 0.471 bits per heavy atom. The standard InChI is InChI=1S/C47H32N2O2/c50-44-20-10-19-43(46(44)37-25-30-45-42(31-37)48-47(51-45)36-14-5-2-6-15-36)49(38-26-21-33(22-27-38)32-11-3-1-4-12-32)39-28-23-35(24-29-39)41-18-9-16-34-13-7-8-17-40(34)41/h1-31,50H. The van der Waals surface area contributed by atoms with E-state index < -0.39 is 0 Å². The van der Waals surface area contributed by atoms with Crippen LogP contribution < -0.4 is 4.90 Å². The van der Waals surface area contributed by atoms with E-state index in [4.69, 9.17) is 9.40 Å². The number of anilines is 3. The smallest absolute Gasteiger partial charge is 0.227 e. The first-order valence-corrected chi connectivity index (χ1v) is 17.0. The Bertz CT molecular complexity index is 2620. The molecule has 0 saturated heterocycles. The van der Waals surface area contributed by atoms with Gasteiger partial charge in [0.15, 0.2) is 5.58 Å². The summed E-state index contributed by atoms with van der Waals surface area (Å²) in [5.41, 5.74) is 11.2. The van der Waals surface area contributed by atoms with Crippen LogP contribution in [0.1, 0.15) is 0 Å². The van der Waals surface area contributed by atoms with Gasteiger partial charge in [-0.3, -0.25) is 0 Å². The first-order chi connectivity index (χ1) is 25.2. The minimum absolute atomic E-state index is 0.178. The molecule has 242 valence electrons. The van der Waals surface area contributed by atoms with Crippen molar-refractivity contribution in [3.8, 4) is 50.6 Å². The number of phenolic OH excluding ortho intramolecular Hbond substituents is 1. The number of hydrogen-bond acceptors (Lipinski definition) is 4. The molecule has 0 aliphatic heterocycles. The molecule has 0 aliphatic carbocycles. The predicted octanol–water partition coefficient (Wildman–Crippen LogP) is 12.8. The Kier molecular flexibility index (Phi) is 7.60. The van der Waals surface area contributed by atoms with E-state index in [0.717, 1.165) is 50.4 Å². The van der Waals surface area contributed by atoms with Crippen molar-refractivity contribution in [1.29, 1.82) is 0 Å². The molecule has 0 aliphatic rings. The highest BCUT2D eigenvalue weighted by molar-refractivity contribution is 5.98. The van der Waals surface area contributed by atoms with Crippen LogP contribution in [0, 0.1) is 0 Å². The number of hydrogen-bond donors (Lipinski definition) is 1. The zero-order valence-corrected chi connectivity index (χ0v) is 27.6. The molecule has 0 radical (unpaired) electrons. The molecule has 1 N–H and O–H groups in total. The third-order valence-electron chi connectivity index (χ3n) is 9.42. The van der Waals surface area contributed by atoms with Gasteiger partial charge < -0.3 is 14.4 Å². The van der Waals surface area contributed by atoms with Crippen molar-refractivity contribution in [1.82, 2.24) is 4.98 Å². The van der Waals surface area contributed by atoms with E-state index in [0.29, 0.717) is 17.0 Å². The van der Waals surface area contributed by atoms with Gasteiger partial charge >= 0.3 is 0 Å². The zero-order valence-electron chi connectivity index (χ0n) is 27.6. The van der Waals surface area contributed by atoms with Gasteiger partial charge in [-0.15, -0.1) is 0 Å². The number of fused-ring (bicyclic) bond motifs is 2. The fourth-order valence-corrected chi connectivity index (χ4v) is 6.93. The lowest BCUT2D eigenvalue weighted by molar-refractivity contribution is 0.477. The fourth-order valence-electron chi connectivity index (χ4n) is 6.93. The van der Waals surface area contributed by atoms with Crippen molar-refractivity contribution >= 4 is 38.9 Å². The minimum atomic E-state index is 0.178. The third-order valence-corrected chi connectivity index (χ3v) is 9.42. The average molecular weight is 657 g/mol. The molecule has 0 bridgehead atoms. The van der Waals surface area contributed by atoms with Crippen LogP contribution in [0.5, 0.6) is 5.75 Å². The molecule has 0 saturated carbocycles. The second-order valence-corrected chi connectivity index (χ2v) is 12.6. The van der Waals surface area contributed by atoms with Gasteiger partial charge in [-0.2, -0.15) is 0 Å². The van der Waals surface area contributed by atoms with E-state index in [1.165, 1.54) is 16.3 Å². The lowest BCUT2D eigenvalue weighted by Crippen LogP contribution is -2.11. The minimum Gasteiger partial charge on any atom is -0.507 e. The van der Waals surface area contributed by atoms with E-state index in [9.17, 15) is 5.11 Å². The highest BCUT2D eigenvalue weighted by Crippen LogP contribution is 2.46. The highest BCUT2D eigenvalue weighted by atomic mass is 16.3. The van der Waals surface area contributed by atoms with Crippen molar-refractivity contribution in [2.45, 2.75) is 0 Å². The summed E-state index contributed by atoms with van der Waals surface area (Å²) in [5.74, 6) is 0.739. The van der Waals surface area contributed by atoms with Crippen LogP contribution in [0.25, 0.3) is 66.7 Å². The zero-order chi connectivity index (χ0) is 34.1. The van der Waals surface area contributed by atoms with Crippen LogP contribution in [0.2, 0.25) is 0 Å². The average Bonchev–Trinajstić information content (AvgIpc) is 3.63. The topological polar surface area (TPSA) is 49.5 Å². The second kappa shape index (κ2) is 12.8. The van der Waals surface area contributed by atoms with Gasteiger partial charge in [0.05, 0.1) is 5.69 Å². The van der Waals surface area contributed by atoms with E-state index in [-0.39, 0.29) is 5.75 Å². The summed E-state index contributed by atoms with van der Waals surface area (Å²) < 4.78 is 6.13. The quantitative estimate of drug-likeness (QED) is 0.185. The van der Waals surface area contributed by atoms with E-state index >= 15 is 0 Å². The highest BCUT2D eigenvalue weighted by Gasteiger charge is 2.21. The summed E-state index contributed by atoms with van der Waals surface area (Å²) in [6, 6.07) is 64.0. The molecule has 1 heterocycles. The van der Waals surface area contributed by atoms with Crippen LogP contribution in [0.15, 0.2) is 192 Å².